The topological polar surface area (TPSA) is 56.0 Å². The van der Waals surface area contributed by atoms with Gasteiger partial charge in [-0.2, -0.15) is 0 Å². The normalized spacial score (nSPS) is 11.1. The average molecular weight is 171 g/mol. The molecule has 3 rings (SSSR count). The molecule has 0 unspecified atom stereocenters. The summed E-state index contributed by atoms with van der Waals surface area (Å²) in [4.78, 5) is 4.18. The maximum atomic E-state index is 4.18. The molecule has 0 spiro atoms. The summed E-state index contributed by atoms with van der Waals surface area (Å²) in [5.74, 6) is 0. The lowest BCUT2D eigenvalue weighted by molar-refractivity contribution is 0.952. The van der Waals surface area contributed by atoms with Crippen LogP contribution >= 0.6 is 0 Å². The van der Waals surface area contributed by atoms with Crippen molar-refractivity contribution in [3.8, 4) is 11.4 Å². The van der Waals surface area contributed by atoms with E-state index in [-0.39, 0.29) is 0 Å². The van der Waals surface area contributed by atoms with Crippen molar-refractivity contribution in [3.63, 3.8) is 0 Å². The zero-order valence-corrected chi connectivity index (χ0v) is 6.62. The van der Waals surface area contributed by atoms with Gasteiger partial charge in [0.15, 0.2) is 0 Å². The molecule has 1 aromatic rings. The molecule has 0 saturated carbocycles. The van der Waals surface area contributed by atoms with Crippen molar-refractivity contribution < 1.29 is 0 Å². The standard InChI is InChI=1S/C8H5N5/c1-2-9-8-4-6-7(11-12-10-6)5-13(8)3-1/h1-5H. The Hall–Kier alpha value is -2.04. The molecule has 62 valence electrons. The summed E-state index contributed by atoms with van der Waals surface area (Å²) in [7, 11) is 0. The number of aromatic nitrogens is 5. The van der Waals surface area contributed by atoms with E-state index in [2.05, 4.69) is 20.4 Å². The molecule has 5 heteroatoms. The summed E-state index contributed by atoms with van der Waals surface area (Å²) in [5, 5.41) is 11.3. The molecule has 13 heavy (non-hydrogen) atoms. The largest absolute Gasteiger partial charge is 0.306 e. The van der Waals surface area contributed by atoms with Crippen LogP contribution in [0, 0.1) is 0 Å². The second-order valence-electron chi connectivity index (χ2n) is 2.72. The van der Waals surface area contributed by atoms with E-state index in [1.54, 1.807) is 6.20 Å². The van der Waals surface area contributed by atoms with Crippen LogP contribution in [-0.4, -0.2) is 24.8 Å². The second kappa shape index (κ2) is 2.22. The summed E-state index contributed by atoms with van der Waals surface area (Å²) in [6.07, 6.45) is 5.51. The van der Waals surface area contributed by atoms with Crippen LogP contribution in [0.4, 0.5) is 0 Å². The van der Waals surface area contributed by atoms with Crippen LogP contribution in [-0.2, 0) is 0 Å². The highest BCUT2D eigenvalue weighted by Crippen LogP contribution is 2.15. The van der Waals surface area contributed by atoms with Gasteiger partial charge in [-0.05, 0) is 11.3 Å². The molecule has 0 radical (unpaired) electrons. The van der Waals surface area contributed by atoms with Gasteiger partial charge in [-0.15, -0.1) is 10.2 Å². The second-order valence-corrected chi connectivity index (χ2v) is 2.72. The van der Waals surface area contributed by atoms with Crippen molar-refractivity contribution in [2.75, 3.05) is 0 Å². The number of fused-ring (bicyclic) bond motifs is 2. The minimum absolute atomic E-state index is 0.777. The zero-order valence-electron chi connectivity index (χ0n) is 6.62. The smallest absolute Gasteiger partial charge is 0.138 e. The molecule has 2 aliphatic rings. The van der Waals surface area contributed by atoms with Gasteiger partial charge in [-0.25, -0.2) is 4.98 Å². The summed E-state index contributed by atoms with van der Waals surface area (Å²) in [6, 6.07) is 3.72. The van der Waals surface area contributed by atoms with E-state index in [9.17, 15) is 0 Å². The lowest BCUT2D eigenvalue weighted by atomic mass is 10.3. The molecule has 2 aliphatic heterocycles. The fourth-order valence-electron chi connectivity index (χ4n) is 1.28. The molecule has 3 heterocycles. The molecule has 0 fully saturated rings. The highest BCUT2D eigenvalue weighted by Gasteiger charge is 2.07. The first-order valence-electron chi connectivity index (χ1n) is 3.85. The Morgan fingerprint density at radius 2 is 2.08 bits per heavy atom. The summed E-state index contributed by atoms with van der Waals surface area (Å²) in [6.45, 7) is 0. The van der Waals surface area contributed by atoms with Crippen molar-refractivity contribution in [3.05, 3.63) is 30.7 Å². The Balaban J connectivity index is 2.52. The van der Waals surface area contributed by atoms with Gasteiger partial charge in [-0.3, -0.25) is 0 Å². The monoisotopic (exact) mass is 171 g/mol. The van der Waals surface area contributed by atoms with Crippen LogP contribution in [0.25, 0.3) is 17.0 Å². The van der Waals surface area contributed by atoms with Crippen molar-refractivity contribution >= 4 is 5.65 Å². The maximum absolute atomic E-state index is 4.18. The van der Waals surface area contributed by atoms with Gasteiger partial charge in [-0.1, -0.05) is 0 Å². The van der Waals surface area contributed by atoms with Gasteiger partial charge < -0.3 is 4.40 Å². The Labute approximate surface area is 73.4 Å². The molecular formula is C8H5N5. The number of rotatable bonds is 0. The Bertz CT molecular complexity index is 482. The number of pyridine rings is 1. The highest BCUT2D eigenvalue weighted by atomic mass is 15.3. The average Bonchev–Trinajstić information content (AvgIpc) is 2.61. The van der Waals surface area contributed by atoms with E-state index in [4.69, 9.17) is 0 Å². The molecule has 0 bridgehead atoms. The number of nitrogens with zero attached hydrogens (tertiary/aromatic N) is 5. The van der Waals surface area contributed by atoms with E-state index >= 15 is 0 Å². The molecule has 0 amide bonds. The molecule has 0 aromatic carbocycles. The minimum Gasteiger partial charge on any atom is -0.306 e. The molecule has 5 nitrogen and oxygen atoms in total. The third kappa shape index (κ3) is 0.868. The lowest BCUT2D eigenvalue weighted by Gasteiger charge is -2.00. The van der Waals surface area contributed by atoms with E-state index in [0.717, 1.165) is 17.0 Å². The number of hydrogen-bond donors (Lipinski definition) is 0. The quantitative estimate of drug-likeness (QED) is 0.497. The van der Waals surface area contributed by atoms with Gasteiger partial charge in [0.2, 0.25) is 0 Å². The van der Waals surface area contributed by atoms with Crippen LogP contribution < -0.4 is 0 Å². The summed E-state index contributed by atoms with van der Waals surface area (Å²) in [5.41, 5.74) is 2.40. The van der Waals surface area contributed by atoms with Gasteiger partial charge in [0.05, 0.1) is 0 Å². The summed E-state index contributed by atoms with van der Waals surface area (Å²) >= 11 is 0. The minimum atomic E-state index is 0.777. The van der Waals surface area contributed by atoms with Crippen LogP contribution in [0.15, 0.2) is 30.7 Å². The van der Waals surface area contributed by atoms with Crippen molar-refractivity contribution in [1.82, 2.24) is 24.8 Å². The Kier molecular flexibility index (Phi) is 1.11. The van der Waals surface area contributed by atoms with Gasteiger partial charge in [0.25, 0.3) is 0 Å². The lowest BCUT2D eigenvalue weighted by Crippen LogP contribution is -1.92. The molecule has 1 aromatic heterocycles. The third-order valence-corrected chi connectivity index (χ3v) is 1.90. The number of hydrogen-bond acceptors (Lipinski definition) is 4. The van der Waals surface area contributed by atoms with Crippen LogP contribution in [0.2, 0.25) is 0 Å². The summed E-state index contributed by atoms with van der Waals surface area (Å²) < 4.78 is 1.89. The van der Waals surface area contributed by atoms with E-state index < -0.39 is 0 Å². The van der Waals surface area contributed by atoms with E-state index in [1.165, 1.54) is 0 Å². The van der Waals surface area contributed by atoms with Gasteiger partial charge >= 0.3 is 0 Å². The molecule has 0 saturated heterocycles. The van der Waals surface area contributed by atoms with Crippen molar-refractivity contribution in [2.45, 2.75) is 0 Å². The molecule has 0 aliphatic carbocycles. The van der Waals surface area contributed by atoms with Gasteiger partial charge in [0, 0.05) is 24.7 Å². The Morgan fingerprint density at radius 3 is 3.08 bits per heavy atom. The van der Waals surface area contributed by atoms with Crippen molar-refractivity contribution in [2.24, 2.45) is 0 Å². The first kappa shape index (κ1) is 6.47. The highest BCUT2D eigenvalue weighted by molar-refractivity contribution is 5.60. The van der Waals surface area contributed by atoms with Gasteiger partial charge in [0.1, 0.15) is 17.0 Å². The fourth-order valence-corrected chi connectivity index (χ4v) is 1.28. The van der Waals surface area contributed by atoms with Crippen molar-refractivity contribution in [1.29, 1.82) is 0 Å². The first-order valence-corrected chi connectivity index (χ1v) is 3.85. The Morgan fingerprint density at radius 1 is 1.15 bits per heavy atom. The van der Waals surface area contributed by atoms with Crippen LogP contribution in [0.1, 0.15) is 0 Å². The molecule has 0 N–H and O–H groups in total. The predicted molar refractivity (Wildman–Crippen MR) is 45.2 cm³/mol. The van der Waals surface area contributed by atoms with E-state index in [1.807, 2.05) is 28.9 Å². The third-order valence-electron chi connectivity index (χ3n) is 1.90. The SMILES string of the molecule is c1cnc2cc3nnnc-3cn2c1. The fraction of sp³-hybridized carbons (Fsp3) is 0. The van der Waals surface area contributed by atoms with Crippen LogP contribution in [0.5, 0.6) is 0 Å². The molecule has 0 atom stereocenters. The maximum Gasteiger partial charge on any atom is 0.138 e. The predicted octanol–water partition coefficient (Wildman–Crippen LogP) is 0.624. The van der Waals surface area contributed by atoms with E-state index in [0.29, 0.717) is 0 Å². The molecular weight excluding hydrogens is 166 g/mol. The van der Waals surface area contributed by atoms with Crippen LogP contribution in [0.3, 0.4) is 0 Å². The zero-order chi connectivity index (χ0) is 8.67. The first-order chi connectivity index (χ1) is 6.43.